The lowest BCUT2D eigenvalue weighted by molar-refractivity contribution is -0.384. The molecule has 0 unspecified atom stereocenters. The Labute approximate surface area is 151 Å². The van der Waals surface area contributed by atoms with E-state index in [1.54, 1.807) is 0 Å². The van der Waals surface area contributed by atoms with Crippen molar-refractivity contribution in [2.75, 3.05) is 7.11 Å². The highest BCUT2D eigenvalue weighted by Crippen LogP contribution is 2.25. The molecule has 0 saturated carbocycles. The van der Waals surface area contributed by atoms with Crippen LogP contribution in [0.2, 0.25) is 0 Å². The van der Waals surface area contributed by atoms with Crippen LogP contribution in [0.4, 0.5) is 14.5 Å². The number of carboxylic acids is 1. The Kier molecular flexibility index (Phi) is 6.01. The van der Waals surface area contributed by atoms with Gasteiger partial charge in [0.15, 0.2) is 11.6 Å². The predicted molar refractivity (Wildman–Crippen MR) is 88.6 cm³/mol. The average Bonchev–Trinajstić information content (AvgIpc) is 2.62. The first-order valence-electron chi connectivity index (χ1n) is 7.53. The molecule has 0 saturated heterocycles. The van der Waals surface area contributed by atoms with Crippen molar-refractivity contribution in [1.82, 2.24) is 5.32 Å². The maximum Gasteiger partial charge on any atom is 0.326 e. The number of halogens is 2. The molecule has 0 aromatic heterocycles. The lowest BCUT2D eigenvalue weighted by Crippen LogP contribution is -2.42. The number of ether oxygens (including phenoxy) is 1. The van der Waals surface area contributed by atoms with Crippen LogP contribution in [0.5, 0.6) is 5.75 Å². The summed E-state index contributed by atoms with van der Waals surface area (Å²) in [6.45, 7) is 0. The highest BCUT2D eigenvalue weighted by atomic mass is 19.2. The summed E-state index contributed by atoms with van der Waals surface area (Å²) in [5.74, 6) is -5.09. The summed E-state index contributed by atoms with van der Waals surface area (Å²) >= 11 is 0. The van der Waals surface area contributed by atoms with Crippen LogP contribution in [0.3, 0.4) is 0 Å². The Morgan fingerprint density at radius 1 is 1.30 bits per heavy atom. The van der Waals surface area contributed by atoms with Crippen molar-refractivity contribution < 1.29 is 33.1 Å². The summed E-state index contributed by atoms with van der Waals surface area (Å²) in [4.78, 5) is 33.9. The number of non-ortho nitro benzene ring substituents is 1. The quantitative estimate of drug-likeness (QED) is 0.562. The predicted octanol–water partition coefficient (Wildman–Crippen LogP) is 2.31. The van der Waals surface area contributed by atoms with E-state index in [1.165, 1.54) is 19.2 Å². The Morgan fingerprint density at radius 2 is 2.00 bits per heavy atom. The Balaban J connectivity index is 2.30. The number of carboxylic acid groups (broad SMARTS) is 1. The summed E-state index contributed by atoms with van der Waals surface area (Å²) in [7, 11) is 1.29. The number of nitro benzene ring substituents is 1. The molecular weight excluding hydrogens is 366 g/mol. The molecule has 2 rings (SSSR count). The molecule has 2 aromatic rings. The van der Waals surface area contributed by atoms with E-state index in [4.69, 9.17) is 4.74 Å². The number of aliphatic carboxylic acids is 1. The van der Waals surface area contributed by atoms with Crippen molar-refractivity contribution in [3.63, 3.8) is 0 Å². The molecule has 0 heterocycles. The number of benzene rings is 2. The molecule has 1 amide bonds. The highest BCUT2D eigenvalue weighted by molar-refractivity contribution is 5.96. The Bertz CT molecular complexity index is 903. The second kappa shape index (κ2) is 8.21. The number of nitrogens with one attached hydrogen (secondary N) is 1. The molecule has 0 aliphatic heterocycles. The molecule has 0 fully saturated rings. The van der Waals surface area contributed by atoms with E-state index in [1.807, 2.05) is 0 Å². The molecule has 0 aliphatic carbocycles. The van der Waals surface area contributed by atoms with E-state index < -0.39 is 40.0 Å². The number of hydrogen-bond acceptors (Lipinski definition) is 5. The molecule has 0 spiro atoms. The second-order valence-electron chi connectivity index (χ2n) is 5.42. The van der Waals surface area contributed by atoms with Crippen molar-refractivity contribution in [1.29, 1.82) is 0 Å². The SMILES string of the molecule is COc1ccc([N+](=O)[O-])cc1C[C@H](NC(=O)c1cccc(F)c1F)C(=O)O. The maximum absolute atomic E-state index is 13.7. The second-order valence-corrected chi connectivity index (χ2v) is 5.42. The van der Waals surface area contributed by atoms with E-state index in [9.17, 15) is 33.6 Å². The number of methoxy groups -OCH3 is 1. The number of hydrogen-bond donors (Lipinski definition) is 2. The largest absolute Gasteiger partial charge is 0.496 e. The number of carbonyl (C=O) groups excluding carboxylic acids is 1. The van der Waals surface area contributed by atoms with Crippen LogP contribution in [-0.4, -0.2) is 35.1 Å². The van der Waals surface area contributed by atoms with Crippen LogP contribution >= 0.6 is 0 Å². The van der Waals surface area contributed by atoms with Gasteiger partial charge in [-0.3, -0.25) is 14.9 Å². The fourth-order valence-corrected chi connectivity index (χ4v) is 2.37. The minimum Gasteiger partial charge on any atom is -0.496 e. The first kappa shape index (κ1) is 19.8. The third-order valence-electron chi connectivity index (χ3n) is 3.70. The fourth-order valence-electron chi connectivity index (χ4n) is 2.37. The highest BCUT2D eigenvalue weighted by Gasteiger charge is 2.25. The zero-order chi connectivity index (χ0) is 20.1. The number of rotatable bonds is 7. The molecule has 27 heavy (non-hydrogen) atoms. The van der Waals surface area contributed by atoms with E-state index in [-0.39, 0.29) is 23.4 Å². The summed E-state index contributed by atoms with van der Waals surface area (Å²) in [6.07, 6.45) is -0.372. The Hall–Kier alpha value is -3.56. The van der Waals surface area contributed by atoms with E-state index in [0.29, 0.717) is 0 Å². The molecule has 2 N–H and O–H groups in total. The van der Waals surface area contributed by atoms with Gasteiger partial charge in [-0.25, -0.2) is 13.6 Å². The van der Waals surface area contributed by atoms with Gasteiger partial charge in [0.1, 0.15) is 11.8 Å². The smallest absolute Gasteiger partial charge is 0.326 e. The van der Waals surface area contributed by atoms with E-state index in [0.717, 1.165) is 24.3 Å². The minimum atomic E-state index is -1.56. The average molecular weight is 380 g/mol. The van der Waals surface area contributed by atoms with E-state index >= 15 is 0 Å². The topological polar surface area (TPSA) is 119 Å². The number of nitro groups is 1. The van der Waals surface area contributed by atoms with Gasteiger partial charge in [-0.15, -0.1) is 0 Å². The molecule has 142 valence electrons. The van der Waals surface area contributed by atoms with Crippen LogP contribution in [0, 0.1) is 21.7 Å². The molecule has 1 atom stereocenters. The van der Waals surface area contributed by atoms with Crippen molar-refractivity contribution in [2.45, 2.75) is 12.5 Å². The first-order valence-corrected chi connectivity index (χ1v) is 7.53. The lowest BCUT2D eigenvalue weighted by Gasteiger charge is -2.16. The van der Waals surface area contributed by atoms with Gasteiger partial charge in [-0.1, -0.05) is 6.07 Å². The van der Waals surface area contributed by atoms with Gasteiger partial charge in [0, 0.05) is 24.1 Å². The summed E-state index contributed by atoms with van der Waals surface area (Å²) < 4.78 is 32.0. The maximum atomic E-state index is 13.7. The third kappa shape index (κ3) is 4.54. The summed E-state index contributed by atoms with van der Waals surface area (Å²) in [5, 5.41) is 22.3. The first-order chi connectivity index (χ1) is 12.7. The van der Waals surface area contributed by atoms with Crippen molar-refractivity contribution >= 4 is 17.6 Å². The van der Waals surface area contributed by atoms with Crippen molar-refractivity contribution in [3.8, 4) is 5.75 Å². The standard InChI is InChI=1S/C17H14F2N2O6/c1-27-14-6-5-10(21(25)26)7-9(14)8-13(17(23)24)20-16(22)11-3-2-4-12(18)15(11)19/h2-7,13H,8H2,1H3,(H,20,22)(H,23,24)/t13-/m0/s1. The normalized spacial score (nSPS) is 11.5. The van der Waals surface area contributed by atoms with Crippen molar-refractivity contribution in [3.05, 3.63) is 69.3 Å². The van der Waals surface area contributed by atoms with Crippen LogP contribution in [0.25, 0.3) is 0 Å². The third-order valence-corrected chi connectivity index (χ3v) is 3.70. The lowest BCUT2D eigenvalue weighted by atomic mass is 10.0. The van der Waals surface area contributed by atoms with Crippen LogP contribution < -0.4 is 10.1 Å². The number of nitrogens with zero attached hydrogens (tertiary/aromatic N) is 1. The zero-order valence-electron chi connectivity index (χ0n) is 13.9. The molecule has 2 aromatic carbocycles. The van der Waals surface area contributed by atoms with Crippen LogP contribution in [-0.2, 0) is 11.2 Å². The van der Waals surface area contributed by atoms with Crippen LogP contribution in [0.15, 0.2) is 36.4 Å². The molecule has 8 nitrogen and oxygen atoms in total. The van der Waals surface area contributed by atoms with Gasteiger partial charge in [0.05, 0.1) is 17.6 Å². The van der Waals surface area contributed by atoms with Gasteiger partial charge in [-0.2, -0.15) is 0 Å². The van der Waals surface area contributed by atoms with Crippen molar-refractivity contribution in [2.24, 2.45) is 0 Å². The Morgan fingerprint density at radius 3 is 2.59 bits per heavy atom. The van der Waals surface area contributed by atoms with Gasteiger partial charge in [-0.05, 0) is 18.2 Å². The monoisotopic (exact) mass is 380 g/mol. The zero-order valence-corrected chi connectivity index (χ0v) is 13.9. The van der Waals surface area contributed by atoms with Gasteiger partial charge in [0.25, 0.3) is 11.6 Å². The molecule has 10 heteroatoms. The minimum absolute atomic E-state index is 0.152. The summed E-state index contributed by atoms with van der Waals surface area (Å²) in [6, 6.07) is 4.95. The van der Waals surface area contributed by atoms with Gasteiger partial charge < -0.3 is 15.2 Å². The molecular formula is C17H14F2N2O6. The molecule has 0 radical (unpaired) electrons. The van der Waals surface area contributed by atoms with Crippen LogP contribution in [0.1, 0.15) is 15.9 Å². The number of carbonyl (C=O) groups is 2. The molecule has 0 aliphatic rings. The van der Waals surface area contributed by atoms with Gasteiger partial charge >= 0.3 is 5.97 Å². The van der Waals surface area contributed by atoms with E-state index in [2.05, 4.69) is 5.32 Å². The molecule has 0 bridgehead atoms. The number of amides is 1. The summed E-state index contributed by atoms with van der Waals surface area (Å²) in [5.41, 5.74) is -0.802. The fraction of sp³-hybridized carbons (Fsp3) is 0.176. The van der Waals surface area contributed by atoms with Gasteiger partial charge in [0.2, 0.25) is 0 Å².